The number of hydrogen-bond donors (Lipinski definition) is 2. The van der Waals surface area contributed by atoms with Gasteiger partial charge < -0.3 is 5.11 Å². The van der Waals surface area contributed by atoms with E-state index in [4.69, 9.17) is 0 Å². The Morgan fingerprint density at radius 2 is 2.00 bits per heavy atom. The van der Waals surface area contributed by atoms with Crippen LogP contribution < -0.4 is 5.32 Å². The third kappa shape index (κ3) is 3.20. The molecule has 1 aliphatic rings. The molecule has 0 saturated heterocycles. The second-order valence-corrected chi connectivity index (χ2v) is 5.77. The largest absolute Gasteiger partial charge is 0.480 e. The number of hydrogen-bond acceptors (Lipinski definition) is 3. The third-order valence-corrected chi connectivity index (χ3v) is 4.29. The van der Waals surface area contributed by atoms with Gasteiger partial charge in [0, 0.05) is 12.7 Å². The highest BCUT2D eigenvalue weighted by molar-refractivity contribution is 5.75. The molecule has 1 fully saturated rings. The molecule has 2 N–H and O–H groups in total. The van der Waals surface area contributed by atoms with Crippen LogP contribution in [0, 0.1) is 0 Å². The van der Waals surface area contributed by atoms with E-state index in [1.807, 2.05) is 36.4 Å². The van der Waals surface area contributed by atoms with E-state index >= 15 is 0 Å². The van der Waals surface area contributed by atoms with Crippen LogP contribution in [-0.2, 0) is 11.3 Å². The average molecular weight is 299 g/mol. The Kier molecular flexibility index (Phi) is 4.53. The molecule has 1 aromatic carbocycles. The molecule has 0 radical (unpaired) electrons. The van der Waals surface area contributed by atoms with Crippen molar-refractivity contribution in [3.8, 4) is 0 Å². The van der Waals surface area contributed by atoms with Crippen molar-refractivity contribution in [1.82, 2.24) is 15.1 Å². The van der Waals surface area contributed by atoms with E-state index in [0.29, 0.717) is 12.6 Å². The van der Waals surface area contributed by atoms with Gasteiger partial charge >= 0.3 is 5.97 Å². The fraction of sp³-hybridized carbons (Fsp3) is 0.412. The minimum atomic E-state index is -0.863. The molecule has 1 aliphatic carbocycles. The highest BCUT2D eigenvalue weighted by Gasteiger charge is 2.22. The molecule has 0 spiro atoms. The number of aliphatic carboxylic acids is 1. The van der Waals surface area contributed by atoms with E-state index in [9.17, 15) is 9.90 Å². The quantitative estimate of drug-likeness (QED) is 0.860. The van der Waals surface area contributed by atoms with E-state index in [-0.39, 0.29) is 0 Å². The molecule has 2 aromatic rings. The van der Waals surface area contributed by atoms with Crippen molar-refractivity contribution in [2.45, 2.75) is 44.3 Å². The fourth-order valence-corrected chi connectivity index (χ4v) is 3.16. The maximum atomic E-state index is 11.5. The summed E-state index contributed by atoms with van der Waals surface area (Å²) in [5.41, 5.74) is 1.82. The number of carbonyl (C=O) groups is 1. The topological polar surface area (TPSA) is 67.2 Å². The SMILES string of the molecule is O=C(O)[C@@H](NCc1ccnn1C1CCCC1)c1ccccc1. The van der Waals surface area contributed by atoms with Crippen molar-refractivity contribution in [2.24, 2.45) is 0 Å². The summed E-state index contributed by atoms with van der Waals surface area (Å²) in [6.07, 6.45) is 6.62. The molecule has 1 atom stereocenters. The number of rotatable bonds is 6. The van der Waals surface area contributed by atoms with Gasteiger partial charge in [-0.05, 0) is 24.5 Å². The Balaban J connectivity index is 1.71. The highest BCUT2D eigenvalue weighted by Crippen LogP contribution is 2.29. The maximum Gasteiger partial charge on any atom is 0.325 e. The van der Waals surface area contributed by atoms with Crippen molar-refractivity contribution >= 4 is 5.97 Å². The number of benzene rings is 1. The molecule has 22 heavy (non-hydrogen) atoms. The molecule has 1 aromatic heterocycles. The van der Waals surface area contributed by atoms with Gasteiger partial charge in [0.25, 0.3) is 0 Å². The lowest BCUT2D eigenvalue weighted by Crippen LogP contribution is -2.29. The van der Waals surface area contributed by atoms with Gasteiger partial charge in [-0.15, -0.1) is 0 Å². The summed E-state index contributed by atoms with van der Waals surface area (Å²) in [6, 6.07) is 11.0. The second-order valence-electron chi connectivity index (χ2n) is 5.77. The molecule has 3 rings (SSSR count). The second kappa shape index (κ2) is 6.75. The van der Waals surface area contributed by atoms with Gasteiger partial charge in [0.15, 0.2) is 0 Å². The van der Waals surface area contributed by atoms with Gasteiger partial charge in [0.2, 0.25) is 0 Å². The average Bonchev–Trinajstić information content (AvgIpc) is 3.19. The molecule has 1 saturated carbocycles. The summed E-state index contributed by atoms with van der Waals surface area (Å²) >= 11 is 0. The van der Waals surface area contributed by atoms with E-state index < -0.39 is 12.0 Å². The summed E-state index contributed by atoms with van der Waals surface area (Å²) in [4.78, 5) is 11.5. The van der Waals surface area contributed by atoms with Crippen LogP contribution in [-0.4, -0.2) is 20.9 Å². The van der Waals surface area contributed by atoms with Crippen LogP contribution in [0.25, 0.3) is 0 Å². The summed E-state index contributed by atoms with van der Waals surface area (Å²) in [6.45, 7) is 0.502. The number of carboxylic acid groups (broad SMARTS) is 1. The van der Waals surface area contributed by atoms with Gasteiger partial charge in [-0.1, -0.05) is 43.2 Å². The van der Waals surface area contributed by atoms with Crippen molar-refractivity contribution in [3.05, 3.63) is 53.9 Å². The zero-order valence-electron chi connectivity index (χ0n) is 12.5. The van der Waals surface area contributed by atoms with Crippen molar-refractivity contribution < 1.29 is 9.90 Å². The Bertz CT molecular complexity index is 618. The smallest absolute Gasteiger partial charge is 0.325 e. The Hall–Kier alpha value is -2.14. The van der Waals surface area contributed by atoms with Gasteiger partial charge in [0.05, 0.1) is 11.7 Å². The Labute approximate surface area is 130 Å². The minimum Gasteiger partial charge on any atom is -0.480 e. The molecular formula is C17H21N3O2. The fourth-order valence-electron chi connectivity index (χ4n) is 3.16. The number of nitrogens with zero attached hydrogens (tertiary/aromatic N) is 2. The number of aromatic nitrogens is 2. The lowest BCUT2D eigenvalue weighted by atomic mass is 10.1. The summed E-state index contributed by atoms with van der Waals surface area (Å²) in [5.74, 6) is -0.863. The van der Waals surface area contributed by atoms with Crippen molar-refractivity contribution in [2.75, 3.05) is 0 Å². The molecule has 5 nitrogen and oxygen atoms in total. The molecule has 0 aliphatic heterocycles. The van der Waals surface area contributed by atoms with E-state index in [1.165, 1.54) is 12.8 Å². The van der Waals surface area contributed by atoms with Crippen LogP contribution in [0.15, 0.2) is 42.6 Å². The summed E-state index contributed by atoms with van der Waals surface area (Å²) < 4.78 is 2.06. The lowest BCUT2D eigenvalue weighted by molar-refractivity contribution is -0.139. The van der Waals surface area contributed by atoms with Gasteiger partial charge in [-0.3, -0.25) is 14.8 Å². The first-order valence-corrected chi connectivity index (χ1v) is 7.79. The standard InChI is InChI=1S/C17H21N3O2/c21-17(22)16(13-6-2-1-3-7-13)18-12-15-10-11-19-20(15)14-8-4-5-9-14/h1-3,6-7,10-11,14,16,18H,4-5,8-9,12H2,(H,21,22)/t16-/m0/s1. The summed E-state index contributed by atoms with van der Waals surface area (Å²) in [7, 11) is 0. The zero-order valence-corrected chi connectivity index (χ0v) is 12.5. The van der Waals surface area contributed by atoms with Crippen molar-refractivity contribution in [1.29, 1.82) is 0 Å². The van der Waals surface area contributed by atoms with E-state index in [2.05, 4.69) is 15.1 Å². The third-order valence-electron chi connectivity index (χ3n) is 4.29. The molecule has 0 bridgehead atoms. The van der Waals surface area contributed by atoms with Crippen molar-refractivity contribution in [3.63, 3.8) is 0 Å². The summed E-state index contributed by atoms with van der Waals surface area (Å²) in [5, 5.41) is 17.0. The Morgan fingerprint density at radius 1 is 1.27 bits per heavy atom. The highest BCUT2D eigenvalue weighted by atomic mass is 16.4. The first-order chi connectivity index (χ1) is 10.8. The lowest BCUT2D eigenvalue weighted by Gasteiger charge is -2.18. The van der Waals surface area contributed by atoms with Crippen LogP contribution in [0.4, 0.5) is 0 Å². The van der Waals surface area contributed by atoms with Crippen LogP contribution in [0.5, 0.6) is 0 Å². The van der Waals surface area contributed by atoms with Crippen LogP contribution in [0.1, 0.15) is 49.0 Å². The zero-order chi connectivity index (χ0) is 15.4. The molecule has 0 amide bonds. The molecule has 116 valence electrons. The van der Waals surface area contributed by atoms with E-state index in [1.54, 1.807) is 6.20 Å². The van der Waals surface area contributed by atoms with Crippen LogP contribution >= 0.6 is 0 Å². The van der Waals surface area contributed by atoms with Gasteiger partial charge in [-0.25, -0.2) is 0 Å². The molecule has 0 unspecified atom stereocenters. The van der Waals surface area contributed by atoms with Crippen LogP contribution in [0.3, 0.4) is 0 Å². The van der Waals surface area contributed by atoms with Gasteiger partial charge in [-0.2, -0.15) is 5.10 Å². The first kappa shape index (κ1) is 14.8. The van der Waals surface area contributed by atoms with Crippen LogP contribution in [0.2, 0.25) is 0 Å². The molecule has 5 heteroatoms. The normalized spacial score (nSPS) is 16.7. The molecular weight excluding hydrogens is 278 g/mol. The Morgan fingerprint density at radius 3 is 2.68 bits per heavy atom. The number of nitrogens with one attached hydrogen (secondary N) is 1. The minimum absolute atomic E-state index is 0.465. The number of carboxylic acids is 1. The van der Waals surface area contributed by atoms with E-state index in [0.717, 1.165) is 24.1 Å². The predicted octanol–water partition coefficient (Wildman–Crippen LogP) is 2.91. The van der Waals surface area contributed by atoms with Gasteiger partial charge in [0.1, 0.15) is 6.04 Å². The first-order valence-electron chi connectivity index (χ1n) is 7.79. The predicted molar refractivity (Wildman–Crippen MR) is 83.4 cm³/mol. The maximum absolute atomic E-state index is 11.5. The molecule has 1 heterocycles. The monoisotopic (exact) mass is 299 g/mol.